The lowest BCUT2D eigenvalue weighted by molar-refractivity contribution is 1.01. The number of nitrogens with zero attached hydrogens (tertiary/aromatic N) is 16. The molecule has 21 rings (SSSR count). The molecule has 131 heavy (non-hydrogen) atoms. The van der Waals surface area contributed by atoms with E-state index >= 15 is 0 Å². The van der Waals surface area contributed by atoms with Crippen LogP contribution in [0, 0.1) is 277 Å². The van der Waals surface area contributed by atoms with Crippen molar-refractivity contribution in [3.05, 3.63) is 295 Å². The maximum absolute atomic E-state index is 12.7. The molecule has 21 aromatic heterocycles. The zero-order chi connectivity index (χ0) is 96.7. The monoisotopic (exact) mass is 1750 g/mol. The van der Waals surface area contributed by atoms with Gasteiger partial charge in [0.25, 0.3) is 0 Å². The highest BCUT2D eigenvalue weighted by Crippen LogP contribution is 2.39. The van der Waals surface area contributed by atoms with Gasteiger partial charge in [0.15, 0.2) is 16.9 Å². The van der Waals surface area contributed by atoms with Crippen LogP contribution in [0.4, 0.5) is 0 Å². The molecule has 0 spiro atoms. The molecule has 0 saturated carbocycles. The van der Waals surface area contributed by atoms with E-state index in [1.54, 1.807) is 20.8 Å². The Bertz CT molecular complexity index is 8870. The highest BCUT2D eigenvalue weighted by atomic mass is 16.1. The average Bonchev–Trinajstić information content (AvgIpc) is 1.56. The van der Waals surface area contributed by atoms with Crippen molar-refractivity contribution in [3.8, 4) is 0 Å². The summed E-state index contributed by atoms with van der Waals surface area (Å²) in [6.45, 7) is 80.6. The first-order valence-electron chi connectivity index (χ1n) is 44.9. The van der Waals surface area contributed by atoms with E-state index in [0.29, 0.717) is 39.8 Å². The summed E-state index contributed by atoms with van der Waals surface area (Å²) < 4.78 is 14.1. The van der Waals surface area contributed by atoms with Crippen LogP contribution < -0.4 is 38.0 Å². The summed E-state index contributed by atoms with van der Waals surface area (Å²) in [5.74, 6) is 0.644. The van der Waals surface area contributed by atoms with Gasteiger partial charge in [-0.05, 0) is 433 Å². The van der Waals surface area contributed by atoms with Gasteiger partial charge >= 0.3 is 0 Å². The molecule has 0 radical (unpaired) electrons. The van der Waals surface area contributed by atoms with Crippen LogP contribution in [0.3, 0.4) is 0 Å². The minimum absolute atomic E-state index is 0.00509. The van der Waals surface area contributed by atoms with Crippen molar-refractivity contribution in [2.75, 3.05) is 0 Å². The van der Waals surface area contributed by atoms with Crippen LogP contribution in [-0.2, 0) is 0 Å². The summed E-state index contributed by atoms with van der Waals surface area (Å²) in [5.41, 5.74) is 60.5. The minimum atomic E-state index is -0.0781. The number of hydrogen-bond acceptors (Lipinski definition) is 16. The first-order valence-corrected chi connectivity index (χ1v) is 44.9. The van der Waals surface area contributed by atoms with E-state index in [2.05, 4.69) is 180 Å². The van der Waals surface area contributed by atoms with Crippen molar-refractivity contribution in [2.45, 2.75) is 277 Å². The molecule has 21 aromatic rings. The number of hydrogen-bond donors (Lipinski definition) is 0. The van der Waals surface area contributed by atoms with Crippen molar-refractivity contribution in [2.24, 2.45) is 0 Å². The molecule has 0 amide bonds. The molecule has 23 nitrogen and oxygen atoms in total. The van der Waals surface area contributed by atoms with E-state index < -0.39 is 0 Å². The zero-order valence-electron chi connectivity index (χ0n) is 84.0. The Labute approximate surface area is 760 Å². The van der Waals surface area contributed by atoms with E-state index in [9.17, 15) is 33.6 Å². The van der Waals surface area contributed by atoms with Crippen molar-refractivity contribution >= 4 is 117 Å². The molecular weight excluding hydrogens is 1630 g/mol. The van der Waals surface area contributed by atoms with Gasteiger partial charge in [-0.2, -0.15) is 0 Å². The van der Waals surface area contributed by atoms with E-state index in [-0.39, 0.29) is 38.0 Å². The van der Waals surface area contributed by atoms with Gasteiger partial charge < -0.3 is 4.40 Å². The lowest BCUT2D eigenvalue weighted by atomic mass is 10.0. The second kappa shape index (κ2) is 32.0. The van der Waals surface area contributed by atoms with Crippen LogP contribution in [0.5, 0.6) is 0 Å². The largest absolute Gasteiger partial charge is 0.306 e. The molecule has 0 fully saturated rings. The Hall–Kier alpha value is -13.4. The molecule has 23 heteroatoms. The molecule has 0 unspecified atom stereocenters. The smallest absolute Gasteiger partial charge is 0.242 e. The lowest BCUT2D eigenvalue weighted by Gasteiger charge is -2.15. The number of aryl methyl sites for hydroxylation is 34. The SMILES string of the molecule is Cc1c(C)c2c(C)c(C)c3c(C)c(C)c(=O)c(c1C)n23.Cc1c(C)c2c(C)c(C)c3nc(C)c(=O)c(c1C)n32.Cc1nc2c(=O)c(C)c(C)c3c(C)c(C)c(c1C)n32.Cc1nc2c(=O)c(C)nc3c(C)c(C)c(c1C)n32.Cc1nc2c(C)c(C)c3c(C)c(C)c(=O)c(c1C)n23.Cc1nc2c(C)c(C)c3c(C)c(C)c(=O)c(n1)n23.Cc1nc2c(C)c(C)c3nc(C)c(=O)c(c1C)n23. The molecule has 0 bridgehead atoms. The molecule has 0 saturated heterocycles. The third-order valence-electron chi connectivity index (χ3n) is 30.6. The van der Waals surface area contributed by atoms with Gasteiger partial charge in [0.05, 0.1) is 66.7 Å². The average molecular weight is 1750 g/mol. The maximum Gasteiger partial charge on any atom is 0.242 e. The fourth-order valence-electron chi connectivity index (χ4n) is 20.3. The Morgan fingerprint density at radius 1 is 0.115 bits per heavy atom. The maximum atomic E-state index is 12.7. The molecule has 0 N–H and O–H groups in total. The molecular formula is C108H120N16O7. The van der Waals surface area contributed by atoms with Gasteiger partial charge in [-0.3, -0.25) is 60.0 Å². The van der Waals surface area contributed by atoms with Crippen LogP contribution in [0.15, 0.2) is 33.6 Å². The molecule has 0 aromatic carbocycles. The van der Waals surface area contributed by atoms with Crippen LogP contribution >= 0.6 is 0 Å². The van der Waals surface area contributed by atoms with Crippen molar-refractivity contribution < 1.29 is 0 Å². The predicted octanol–water partition coefficient (Wildman–Crippen LogP) is 20.1. The topological polar surface area (TPSA) is 266 Å². The lowest BCUT2D eigenvalue weighted by Crippen LogP contribution is -2.15. The fourth-order valence-corrected chi connectivity index (χ4v) is 20.3. The fraction of sp³-hybridized carbons (Fsp3) is 0.370. The normalized spacial score (nSPS) is 11.9. The van der Waals surface area contributed by atoms with Crippen molar-refractivity contribution in [3.63, 3.8) is 0 Å². The molecule has 0 aliphatic heterocycles. The summed E-state index contributed by atoms with van der Waals surface area (Å²) in [7, 11) is 0. The first kappa shape index (κ1) is 92.3. The van der Waals surface area contributed by atoms with Crippen LogP contribution in [0.2, 0.25) is 0 Å². The van der Waals surface area contributed by atoms with E-state index in [0.717, 1.165) is 212 Å². The second-order valence-electron chi connectivity index (χ2n) is 37.4. The summed E-state index contributed by atoms with van der Waals surface area (Å²) in [6.07, 6.45) is 0. The van der Waals surface area contributed by atoms with E-state index in [1.807, 2.05) is 152 Å². The van der Waals surface area contributed by atoms with E-state index in [1.165, 1.54) is 88.9 Å². The molecule has 0 aliphatic carbocycles. The van der Waals surface area contributed by atoms with Crippen LogP contribution in [-0.4, -0.2) is 75.7 Å². The highest BCUT2D eigenvalue weighted by Gasteiger charge is 2.29. The van der Waals surface area contributed by atoms with E-state index in [4.69, 9.17) is 0 Å². The van der Waals surface area contributed by atoms with Gasteiger partial charge in [0, 0.05) is 45.0 Å². The standard InChI is InChI=1S/C18H21NO.3C16H18N2O.3C14H15N3O/c1-8-9(2)15-11(4)12(5)16-13(6)14(7)18(20)17(10(8)3)19(15)16;1-7-9(3)15(19)14-11(5)12(6)17-16-10(4)8(2)13(7)18(14)16;1-7-8(2)14-11(5)12(6)17-16-15(19)10(4)9(3)13(7)18(14)16;1-7-8(2)13-10(4)11(5)16-17-12(6)15(19)14(9(7)3)18(13)16;1-6-8(3)12(18)14-16-10(5)15-13-9(4)7(2)11(6)17(13)14;1-6-7(2)14-16-10(5)12(18)11-8(3)9(4)15-13(6)17(11)14;1-6-7(2)13-16-10(5)12(18)14-15-9(4)8(3)11(6)17(13)14/h1-7H3;3*1-6H3;3*1-5H3. The summed E-state index contributed by atoms with van der Waals surface area (Å²) in [4.78, 5) is 127. The first-order chi connectivity index (χ1) is 61.2. The number of rotatable bonds is 0. The van der Waals surface area contributed by atoms with Gasteiger partial charge in [-0.25, -0.2) is 44.9 Å². The van der Waals surface area contributed by atoms with Gasteiger partial charge in [-0.15, -0.1) is 0 Å². The Balaban J connectivity index is 0.000000117. The Morgan fingerprint density at radius 3 is 0.618 bits per heavy atom. The molecule has 0 atom stereocenters. The summed E-state index contributed by atoms with van der Waals surface area (Å²) in [5, 5.41) is 0. The summed E-state index contributed by atoms with van der Waals surface area (Å²) >= 11 is 0. The van der Waals surface area contributed by atoms with Gasteiger partial charge in [-0.1, -0.05) is 0 Å². The predicted molar refractivity (Wildman–Crippen MR) is 536 cm³/mol. The van der Waals surface area contributed by atoms with Crippen molar-refractivity contribution in [1.29, 1.82) is 0 Å². The quantitative estimate of drug-likeness (QED) is 0.137. The van der Waals surface area contributed by atoms with Crippen molar-refractivity contribution in [1.82, 2.24) is 75.7 Å². The van der Waals surface area contributed by atoms with Crippen LogP contribution in [0.25, 0.3) is 117 Å². The number of pyridine rings is 6. The third-order valence-corrected chi connectivity index (χ3v) is 30.6. The van der Waals surface area contributed by atoms with Crippen LogP contribution in [0.1, 0.15) is 224 Å². The molecule has 21 heterocycles. The Kier molecular flexibility index (Phi) is 22.5. The second-order valence-corrected chi connectivity index (χ2v) is 37.4. The minimum Gasteiger partial charge on any atom is -0.306 e. The molecule has 674 valence electrons. The molecule has 0 aliphatic rings. The summed E-state index contributed by atoms with van der Waals surface area (Å²) in [6, 6.07) is 0. The Morgan fingerprint density at radius 2 is 0.275 bits per heavy atom. The van der Waals surface area contributed by atoms with Gasteiger partial charge in [0.2, 0.25) is 38.0 Å². The zero-order valence-corrected chi connectivity index (χ0v) is 84.0. The highest BCUT2D eigenvalue weighted by molar-refractivity contribution is 5.90. The number of aromatic nitrogens is 16. The third kappa shape index (κ3) is 13.0. The van der Waals surface area contributed by atoms with Gasteiger partial charge in [0.1, 0.15) is 56.3 Å².